The third-order valence-corrected chi connectivity index (χ3v) is 3.19. The molecule has 0 atom stereocenters. The average Bonchev–Trinajstić information content (AvgIpc) is 3.09. The normalized spacial score (nSPS) is 10.4. The Balaban J connectivity index is 1.68. The highest BCUT2D eigenvalue weighted by Gasteiger charge is 2.13. The zero-order chi connectivity index (χ0) is 17.8. The number of hydrogen-bond donors (Lipinski definition) is 0. The minimum absolute atomic E-state index is 0.0419. The Morgan fingerprint density at radius 3 is 2.40 bits per heavy atom. The van der Waals surface area contributed by atoms with Gasteiger partial charge in [0.25, 0.3) is 17.3 Å². The largest absolute Gasteiger partial charge is 0.484 e. The van der Waals surface area contributed by atoms with Gasteiger partial charge in [-0.1, -0.05) is 17.3 Å². The van der Waals surface area contributed by atoms with Gasteiger partial charge in [0.15, 0.2) is 6.61 Å². The van der Waals surface area contributed by atoms with Gasteiger partial charge in [-0.05, 0) is 12.1 Å². The first-order valence-electron chi connectivity index (χ1n) is 6.97. The van der Waals surface area contributed by atoms with E-state index in [1.165, 1.54) is 42.5 Å². The van der Waals surface area contributed by atoms with Crippen LogP contribution in [0.1, 0.15) is 5.89 Å². The molecule has 10 nitrogen and oxygen atoms in total. The number of ether oxygens (including phenoxy) is 1. The number of nitro groups is 2. The first kappa shape index (κ1) is 16.1. The standard InChI is InChI=1S/C15H10N4O6/c20-18(21)11-4-6-13(7-5-11)24-9-14-16-15(17-25-14)10-2-1-3-12(8-10)19(22)23/h1-8H,9H2. The van der Waals surface area contributed by atoms with Gasteiger partial charge in [0.05, 0.1) is 9.85 Å². The summed E-state index contributed by atoms with van der Waals surface area (Å²) in [6, 6.07) is 11.4. The predicted molar refractivity (Wildman–Crippen MR) is 83.8 cm³/mol. The molecule has 1 aromatic heterocycles. The lowest BCUT2D eigenvalue weighted by Gasteiger charge is -2.01. The maximum absolute atomic E-state index is 10.8. The van der Waals surface area contributed by atoms with E-state index in [4.69, 9.17) is 9.26 Å². The van der Waals surface area contributed by atoms with Gasteiger partial charge < -0.3 is 9.26 Å². The van der Waals surface area contributed by atoms with Crippen molar-refractivity contribution in [2.75, 3.05) is 0 Å². The molecule has 0 N–H and O–H groups in total. The highest BCUT2D eigenvalue weighted by Crippen LogP contribution is 2.22. The highest BCUT2D eigenvalue weighted by molar-refractivity contribution is 5.58. The lowest BCUT2D eigenvalue weighted by molar-refractivity contribution is -0.385. The van der Waals surface area contributed by atoms with Gasteiger partial charge in [-0.2, -0.15) is 4.98 Å². The molecule has 3 rings (SSSR count). The van der Waals surface area contributed by atoms with Crippen molar-refractivity contribution in [1.82, 2.24) is 10.1 Å². The van der Waals surface area contributed by atoms with Gasteiger partial charge in [0.2, 0.25) is 5.82 Å². The van der Waals surface area contributed by atoms with Gasteiger partial charge in [-0.3, -0.25) is 20.2 Å². The van der Waals surface area contributed by atoms with Crippen LogP contribution < -0.4 is 4.74 Å². The van der Waals surface area contributed by atoms with E-state index in [1.807, 2.05) is 0 Å². The van der Waals surface area contributed by atoms with Crippen LogP contribution in [0.4, 0.5) is 11.4 Å². The molecule has 0 bridgehead atoms. The van der Waals surface area contributed by atoms with Gasteiger partial charge in [0.1, 0.15) is 5.75 Å². The van der Waals surface area contributed by atoms with Crippen molar-refractivity contribution in [3.63, 3.8) is 0 Å². The van der Waals surface area contributed by atoms with Gasteiger partial charge in [-0.15, -0.1) is 0 Å². The number of aromatic nitrogens is 2. The van der Waals surface area contributed by atoms with Crippen molar-refractivity contribution in [3.05, 3.63) is 74.7 Å². The molecule has 1 heterocycles. The Hall–Kier alpha value is -3.82. The summed E-state index contributed by atoms with van der Waals surface area (Å²) in [7, 11) is 0. The van der Waals surface area contributed by atoms with E-state index in [0.717, 1.165) is 0 Å². The Morgan fingerprint density at radius 2 is 1.72 bits per heavy atom. The van der Waals surface area contributed by atoms with E-state index in [-0.39, 0.29) is 29.7 Å². The lowest BCUT2D eigenvalue weighted by Crippen LogP contribution is -1.96. The third kappa shape index (κ3) is 3.75. The molecule has 0 aliphatic heterocycles. The van der Waals surface area contributed by atoms with E-state index < -0.39 is 9.85 Å². The van der Waals surface area contributed by atoms with Gasteiger partial charge in [0, 0.05) is 29.8 Å². The molecule has 25 heavy (non-hydrogen) atoms. The first-order valence-corrected chi connectivity index (χ1v) is 6.97. The summed E-state index contributed by atoms with van der Waals surface area (Å²) in [6.07, 6.45) is 0. The van der Waals surface area contributed by atoms with Gasteiger partial charge in [-0.25, -0.2) is 0 Å². The second-order valence-corrected chi connectivity index (χ2v) is 4.86. The summed E-state index contributed by atoms with van der Waals surface area (Å²) in [4.78, 5) is 24.5. The van der Waals surface area contributed by atoms with Crippen LogP contribution in [0.25, 0.3) is 11.4 Å². The number of nitro benzene ring substituents is 2. The van der Waals surface area contributed by atoms with Crippen LogP contribution in [0.5, 0.6) is 5.75 Å². The quantitative estimate of drug-likeness (QED) is 0.492. The van der Waals surface area contributed by atoms with Crippen LogP contribution in [0.2, 0.25) is 0 Å². The SMILES string of the molecule is O=[N+]([O-])c1ccc(OCc2nc(-c3cccc([N+](=O)[O-])c3)no2)cc1. The summed E-state index contributed by atoms with van der Waals surface area (Å²) in [5.74, 6) is 0.770. The molecule has 0 amide bonds. The van der Waals surface area contributed by atoms with E-state index in [1.54, 1.807) is 6.07 Å². The van der Waals surface area contributed by atoms with Crippen LogP contribution >= 0.6 is 0 Å². The molecule has 0 unspecified atom stereocenters. The third-order valence-electron chi connectivity index (χ3n) is 3.19. The molecule has 3 aromatic rings. The van der Waals surface area contributed by atoms with Crippen molar-refractivity contribution < 1.29 is 19.1 Å². The molecule has 0 saturated heterocycles. The lowest BCUT2D eigenvalue weighted by atomic mass is 10.2. The number of benzene rings is 2. The van der Waals surface area contributed by atoms with Crippen LogP contribution in [-0.4, -0.2) is 20.0 Å². The van der Waals surface area contributed by atoms with E-state index in [9.17, 15) is 20.2 Å². The topological polar surface area (TPSA) is 134 Å². The monoisotopic (exact) mass is 342 g/mol. The molecular weight excluding hydrogens is 332 g/mol. The minimum atomic E-state index is -0.512. The number of hydrogen-bond acceptors (Lipinski definition) is 8. The molecule has 0 radical (unpaired) electrons. The Bertz CT molecular complexity index is 922. The van der Waals surface area contributed by atoms with Crippen molar-refractivity contribution >= 4 is 11.4 Å². The van der Waals surface area contributed by atoms with Crippen LogP contribution in [0, 0.1) is 20.2 Å². The second kappa shape index (κ2) is 6.74. The second-order valence-electron chi connectivity index (χ2n) is 4.86. The summed E-state index contributed by atoms with van der Waals surface area (Å²) in [5.41, 5.74) is 0.323. The maximum Gasteiger partial charge on any atom is 0.270 e. The smallest absolute Gasteiger partial charge is 0.270 e. The number of non-ortho nitro benzene ring substituents is 2. The molecule has 0 aliphatic carbocycles. The summed E-state index contributed by atoms with van der Waals surface area (Å²) in [6.45, 7) is -0.0419. The average molecular weight is 342 g/mol. The number of rotatable bonds is 6. The first-order chi connectivity index (χ1) is 12.0. The fourth-order valence-corrected chi connectivity index (χ4v) is 2.00. The Morgan fingerprint density at radius 1 is 1.00 bits per heavy atom. The Kier molecular flexibility index (Phi) is 4.33. The maximum atomic E-state index is 10.8. The summed E-state index contributed by atoms with van der Waals surface area (Å²) in [5, 5.41) is 25.1. The number of nitrogens with zero attached hydrogens (tertiary/aromatic N) is 4. The van der Waals surface area contributed by atoms with E-state index in [0.29, 0.717) is 11.3 Å². The van der Waals surface area contributed by atoms with Crippen LogP contribution in [-0.2, 0) is 6.61 Å². The highest BCUT2D eigenvalue weighted by atomic mass is 16.6. The molecule has 0 saturated carbocycles. The van der Waals surface area contributed by atoms with E-state index >= 15 is 0 Å². The molecule has 0 fully saturated rings. The summed E-state index contributed by atoms with van der Waals surface area (Å²) >= 11 is 0. The molecule has 126 valence electrons. The van der Waals surface area contributed by atoms with Crippen molar-refractivity contribution in [3.8, 4) is 17.1 Å². The molecule has 2 aromatic carbocycles. The van der Waals surface area contributed by atoms with Crippen molar-refractivity contribution in [1.29, 1.82) is 0 Å². The summed E-state index contributed by atoms with van der Waals surface area (Å²) < 4.78 is 10.4. The molecular formula is C15H10N4O6. The minimum Gasteiger partial charge on any atom is -0.484 e. The van der Waals surface area contributed by atoms with Crippen LogP contribution in [0.3, 0.4) is 0 Å². The van der Waals surface area contributed by atoms with Crippen molar-refractivity contribution in [2.24, 2.45) is 0 Å². The Labute approximate surface area is 140 Å². The predicted octanol–water partition coefficient (Wildman–Crippen LogP) is 3.13. The molecule has 10 heteroatoms. The van der Waals surface area contributed by atoms with Gasteiger partial charge >= 0.3 is 0 Å². The van der Waals surface area contributed by atoms with E-state index in [2.05, 4.69) is 10.1 Å². The fraction of sp³-hybridized carbons (Fsp3) is 0.0667. The van der Waals surface area contributed by atoms with Crippen LogP contribution in [0.15, 0.2) is 53.1 Å². The van der Waals surface area contributed by atoms with Crippen molar-refractivity contribution in [2.45, 2.75) is 6.61 Å². The zero-order valence-corrected chi connectivity index (χ0v) is 12.6. The fourth-order valence-electron chi connectivity index (χ4n) is 2.00. The molecule has 0 spiro atoms. The zero-order valence-electron chi connectivity index (χ0n) is 12.6. The molecule has 0 aliphatic rings.